The van der Waals surface area contributed by atoms with Gasteiger partial charge < -0.3 is 18.9 Å². The van der Waals surface area contributed by atoms with Crippen molar-refractivity contribution in [2.75, 3.05) is 53.2 Å². The lowest BCUT2D eigenvalue weighted by atomic mass is 10.1. The summed E-state index contributed by atoms with van der Waals surface area (Å²) in [6.07, 6.45) is 0. The summed E-state index contributed by atoms with van der Waals surface area (Å²) in [5, 5.41) is 10.5. The van der Waals surface area contributed by atoms with Gasteiger partial charge in [-0.2, -0.15) is 10.3 Å². The zero-order valence-electron chi connectivity index (χ0n) is 15.6. The van der Waals surface area contributed by atoms with E-state index in [-0.39, 0.29) is 12.3 Å². The van der Waals surface area contributed by atoms with Crippen LogP contribution in [0.1, 0.15) is 17.4 Å². The molecule has 27 heavy (non-hydrogen) atoms. The monoisotopic (exact) mass is 376 g/mol. The van der Waals surface area contributed by atoms with Gasteiger partial charge >= 0.3 is 5.97 Å². The van der Waals surface area contributed by atoms with E-state index in [1.807, 2.05) is 0 Å². The molecule has 0 bridgehead atoms. The molecule has 9 nitrogen and oxygen atoms in total. The topological polar surface area (TPSA) is 98.8 Å². The fraction of sp³-hybridized carbons (Fsp3) is 0.500. The summed E-state index contributed by atoms with van der Waals surface area (Å²) in [4.78, 5) is 14.3. The zero-order valence-corrected chi connectivity index (χ0v) is 15.6. The first kappa shape index (κ1) is 19.1. The molecule has 0 saturated carbocycles. The van der Waals surface area contributed by atoms with Crippen LogP contribution in [-0.4, -0.2) is 79.5 Å². The number of benzene rings is 1. The molecule has 1 aromatic heterocycles. The third kappa shape index (κ3) is 4.75. The van der Waals surface area contributed by atoms with E-state index in [0.29, 0.717) is 29.4 Å². The molecular formula is C18H24N4O5. The summed E-state index contributed by atoms with van der Waals surface area (Å²) >= 11 is 0. The third-order valence-corrected chi connectivity index (χ3v) is 4.22. The van der Waals surface area contributed by atoms with Crippen molar-refractivity contribution >= 4 is 5.97 Å². The lowest BCUT2D eigenvalue weighted by Gasteiger charge is -2.26. The Morgan fingerprint density at radius 1 is 1.26 bits per heavy atom. The van der Waals surface area contributed by atoms with Crippen molar-refractivity contribution in [3.05, 3.63) is 23.9 Å². The number of esters is 1. The Labute approximate surface area is 157 Å². The Morgan fingerprint density at radius 2 is 2.07 bits per heavy atom. The smallest absolute Gasteiger partial charge is 0.361 e. The van der Waals surface area contributed by atoms with Gasteiger partial charge in [-0.15, -0.1) is 5.10 Å². The second-order valence-corrected chi connectivity index (χ2v) is 5.91. The number of hydrogen-bond acceptors (Lipinski definition) is 8. The number of methoxy groups -OCH3 is 1. The molecule has 0 atom stereocenters. The summed E-state index contributed by atoms with van der Waals surface area (Å²) in [6.45, 7) is 6.64. The molecule has 0 radical (unpaired) electrons. The highest BCUT2D eigenvalue weighted by molar-refractivity contribution is 5.94. The number of carbonyl (C=O) groups excluding carboxylic acids is 1. The number of nitrogens with zero attached hydrogens (tertiary/aromatic N) is 3. The van der Waals surface area contributed by atoms with Gasteiger partial charge in [0.2, 0.25) is 0 Å². The van der Waals surface area contributed by atoms with Crippen LogP contribution in [0.4, 0.5) is 0 Å². The van der Waals surface area contributed by atoms with Crippen LogP contribution in [-0.2, 0) is 9.47 Å². The van der Waals surface area contributed by atoms with Gasteiger partial charge in [-0.25, -0.2) is 4.79 Å². The molecule has 2 aromatic rings. The maximum atomic E-state index is 12.0. The van der Waals surface area contributed by atoms with Crippen LogP contribution in [0.25, 0.3) is 11.3 Å². The summed E-state index contributed by atoms with van der Waals surface area (Å²) < 4.78 is 21.7. The molecule has 0 unspecified atom stereocenters. The van der Waals surface area contributed by atoms with Crippen LogP contribution in [0.15, 0.2) is 18.2 Å². The Kier molecular flexibility index (Phi) is 6.61. The maximum absolute atomic E-state index is 12.0. The lowest BCUT2D eigenvalue weighted by Crippen LogP contribution is -2.38. The molecule has 9 heteroatoms. The third-order valence-electron chi connectivity index (χ3n) is 4.22. The van der Waals surface area contributed by atoms with Crippen LogP contribution < -0.4 is 9.47 Å². The predicted octanol–water partition coefficient (Wildman–Crippen LogP) is 1.37. The summed E-state index contributed by atoms with van der Waals surface area (Å²) in [5.41, 5.74) is 1.24. The SMILES string of the molecule is CCOC(=O)c1n[nH]nc1-c1ccc(OC)c(OCCN2CCOCC2)c1. The number of nitrogens with one attached hydrogen (secondary N) is 1. The standard InChI is InChI=1S/C18H24N4O5/c1-3-26-18(23)17-16(19-21-20-17)13-4-5-14(24-2)15(12-13)27-11-8-22-6-9-25-10-7-22/h4-5,12H,3,6-11H2,1-2H3,(H,19,20,21). The lowest BCUT2D eigenvalue weighted by molar-refractivity contribution is 0.0321. The minimum atomic E-state index is -0.521. The second-order valence-electron chi connectivity index (χ2n) is 5.91. The molecule has 1 aliphatic rings. The fourth-order valence-electron chi connectivity index (χ4n) is 2.82. The van der Waals surface area contributed by atoms with E-state index in [4.69, 9.17) is 18.9 Å². The summed E-state index contributed by atoms with van der Waals surface area (Å²) in [5.74, 6) is 0.676. The van der Waals surface area contributed by atoms with Gasteiger partial charge in [-0.1, -0.05) is 0 Å². The number of hydrogen-bond donors (Lipinski definition) is 1. The molecule has 3 rings (SSSR count). The highest BCUT2D eigenvalue weighted by Crippen LogP contribution is 2.32. The molecular weight excluding hydrogens is 352 g/mol. The summed E-state index contributed by atoms with van der Waals surface area (Å²) in [6, 6.07) is 5.37. The van der Waals surface area contributed by atoms with Crippen LogP contribution >= 0.6 is 0 Å². The van der Waals surface area contributed by atoms with E-state index >= 15 is 0 Å². The quantitative estimate of drug-likeness (QED) is 0.690. The first-order valence-electron chi connectivity index (χ1n) is 8.92. The molecule has 1 aromatic carbocycles. The number of H-pyrrole nitrogens is 1. The first-order chi connectivity index (χ1) is 13.2. The van der Waals surface area contributed by atoms with Gasteiger partial charge in [0.25, 0.3) is 0 Å². The van der Waals surface area contributed by atoms with Crippen LogP contribution in [0.5, 0.6) is 11.5 Å². The maximum Gasteiger partial charge on any atom is 0.361 e. The molecule has 0 aliphatic carbocycles. The average molecular weight is 376 g/mol. The van der Waals surface area contributed by atoms with E-state index in [2.05, 4.69) is 20.3 Å². The van der Waals surface area contributed by atoms with Crippen LogP contribution in [0.2, 0.25) is 0 Å². The van der Waals surface area contributed by atoms with E-state index in [0.717, 1.165) is 32.8 Å². The van der Waals surface area contributed by atoms with Gasteiger partial charge in [0.1, 0.15) is 12.3 Å². The molecule has 1 N–H and O–H groups in total. The number of aromatic nitrogens is 3. The average Bonchev–Trinajstić information content (AvgIpc) is 3.19. The molecule has 1 fully saturated rings. The van der Waals surface area contributed by atoms with Crippen molar-refractivity contribution in [1.29, 1.82) is 0 Å². The second kappa shape index (κ2) is 9.33. The Hall–Kier alpha value is -2.65. The van der Waals surface area contributed by atoms with E-state index in [1.54, 1.807) is 32.2 Å². The molecule has 0 amide bonds. The molecule has 0 spiro atoms. The number of morpholine rings is 1. The van der Waals surface area contributed by atoms with Crippen molar-refractivity contribution in [3.63, 3.8) is 0 Å². The van der Waals surface area contributed by atoms with Gasteiger partial charge in [-0.05, 0) is 25.1 Å². The largest absolute Gasteiger partial charge is 0.493 e. The summed E-state index contributed by atoms with van der Waals surface area (Å²) in [7, 11) is 1.59. The van der Waals surface area contributed by atoms with E-state index < -0.39 is 5.97 Å². The Morgan fingerprint density at radius 3 is 2.81 bits per heavy atom. The van der Waals surface area contributed by atoms with Crippen molar-refractivity contribution < 1.29 is 23.7 Å². The molecule has 2 heterocycles. The van der Waals surface area contributed by atoms with Gasteiger partial charge in [0.15, 0.2) is 17.2 Å². The fourth-order valence-corrected chi connectivity index (χ4v) is 2.82. The molecule has 1 saturated heterocycles. The van der Waals surface area contributed by atoms with Crippen molar-refractivity contribution in [3.8, 4) is 22.8 Å². The van der Waals surface area contributed by atoms with E-state index in [1.165, 1.54) is 0 Å². The Bertz CT molecular complexity index is 758. The van der Waals surface area contributed by atoms with E-state index in [9.17, 15) is 4.79 Å². The van der Waals surface area contributed by atoms with Crippen LogP contribution in [0.3, 0.4) is 0 Å². The first-order valence-corrected chi connectivity index (χ1v) is 8.92. The van der Waals surface area contributed by atoms with Crippen LogP contribution in [0, 0.1) is 0 Å². The normalized spacial score (nSPS) is 14.7. The minimum Gasteiger partial charge on any atom is -0.493 e. The van der Waals surface area contributed by atoms with Crippen molar-refractivity contribution in [1.82, 2.24) is 20.3 Å². The van der Waals surface area contributed by atoms with Crippen molar-refractivity contribution in [2.45, 2.75) is 6.92 Å². The number of ether oxygens (including phenoxy) is 4. The Balaban J connectivity index is 1.73. The molecule has 1 aliphatic heterocycles. The van der Waals surface area contributed by atoms with Crippen molar-refractivity contribution in [2.24, 2.45) is 0 Å². The zero-order chi connectivity index (χ0) is 19.1. The number of aromatic amines is 1. The predicted molar refractivity (Wildman–Crippen MR) is 97.1 cm³/mol. The number of rotatable bonds is 8. The van der Waals surface area contributed by atoms with Gasteiger partial charge in [0.05, 0.1) is 26.9 Å². The molecule has 146 valence electrons. The highest BCUT2D eigenvalue weighted by atomic mass is 16.5. The number of carbonyl (C=O) groups is 1. The van der Waals surface area contributed by atoms with Gasteiger partial charge in [-0.3, -0.25) is 4.90 Å². The van der Waals surface area contributed by atoms with Gasteiger partial charge in [0, 0.05) is 25.2 Å². The highest BCUT2D eigenvalue weighted by Gasteiger charge is 2.20. The minimum absolute atomic E-state index is 0.140.